The Hall–Kier alpha value is -2.26. The van der Waals surface area contributed by atoms with Crippen molar-refractivity contribution < 1.29 is 22.7 Å². The second-order valence-corrected chi connectivity index (χ2v) is 11.2. The highest BCUT2D eigenvalue weighted by molar-refractivity contribution is 7.89. The Morgan fingerprint density at radius 1 is 1.18 bits per heavy atom. The number of carbonyl (C=O) groups is 2. The molecule has 2 heterocycles. The Kier molecular flexibility index (Phi) is 7.19. The normalized spacial score (nSPS) is 21.6. The number of hydrogen-bond donors (Lipinski definition) is 1. The molecule has 0 radical (unpaired) electrons. The van der Waals surface area contributed by atoms with E-state index in [4.69, 9.17) is 9.73 Å². The molecule has 2 aliphatic heterocycles. The molecule has 3 aliphatic rings. The number of amidine groups is 1. The topological polar surface area (TPSA) is 105 Å². The summed E-state index contributed by atoms with van der Waals surface area (Å²) in [5, 5.41) is 3.01. The first-order valence-electron chi connectivity index (χ1n) is 12.0. The summed E-state index contributed by atoms with van der Waals surface area (Å²) in [6.07, 6.45) is 6.70. The van der Waals surface area contributed by atoms with Gasteiger partial charge in [-0.1, -0.05) is 37.5 Å². The molecular weight excluding hydrogens is 442 g/mol. The lowest BCUT2D eigenvalue weighted by atomic mass is 9.88. The van der Waals surface area contributed by atoms with Gasteiger partial charge in [0, 0.05) is 19.0 Å². The number of hydrogen-bond acceptors (Lipinski definition) is 6. The summed E-state index contributed by atoms with van der Waals surface area (Å²) in [7, 11) is -3.53. The summed E-state index contributed by atoms with van der Waals surface area (Å²) in [6, 6.07) is 6.95. The number of benzene rings is 1. The molecule has 0 aromatic heterocycles. The number of aryl methyl sites for hydroxylation is 1. The molecule has 1 saturated carbocycles. The lowest BCUT2D eigenvalue weighted by Crippen LogP contribution is -2.51. The van der Waals surface area contributed by atoms with Crippen LogP contribution in [0, 0.1) is 5.92 Å². The molecule has 1 amide bonds. The van der Waals surface area contributed by atoms with Gasteiger partial charge in [0.2, 0.25) is 10.0 Å². The Labute approximate surface area is 195 Å². The molecule has 0 unspecified atom stereocenters. The number of ether oxygens (including phenoxy) is 1. The number of amides is 1. The molecule has 4 rings (SSSR count). The van der Waals surface area contributed by atoms with E-state index in [9.17, 15) is 18.0 Å². The molecule has 1 spiro atoms. The molecule has 9 heteroatoms. The predicted octanol–water partition coefficient (Wildman–Crippen LogP) is 2.68. The average Bonchev–Trinajstić information content (AvgIpc) is 3.14. The van der Waals surface area contributed by atoms with E-state index in [1.54, 1.807) is 31.2 Å². The lowest BCUT2D eigenvalue weighted by Gasteiger charge is -2.34. The minimum absolute atomic E-state index is 0.0801. The van der Waals surface area contributed by atoms with Crippen LogP contribution in [-0.2, 0) is 26.0 Å². The van der Waals surface area contributed by atoms with Gasteiger partial charge >= 0.3 is 5.97 Å². The molecule has 33 heavy (non-hydrogen) atoms. The highest BCUT2D eigenvalue weighted by atomic mass is 32.2. The number of rotatable bonds is 7. The molecule has 2 fully saturated rings. The highest BCUT2D eigenvalue weighted by Gasteiger charge is 2.48. The monoisotopic (exact) mass is 475 g/mol. The number of aliphatic imine (C=N–C) groups is 1. The number of carbonyl (C=O) groups excluding carboxylic acids is 2. The highest BCUT2D eigenvalue weighted by Crippen LogP contribution is 2.34. The van der Waals surface area contributed by atoms with Gasteiger partial charge in [0.25, 0.3) is 5.91 Å². The molecule has 1 aromatic rings. The quantitative estimate of drug-likeness (QED) is 0.611. The minimum Gasteiger partial charge on any atom is -0.462 e. The van der Waals surface area contributed by atoms with Crippen LogP contribution < -0.4 is 5.32 Å². The van der Waals surface area contributed by atoms with Gasteiger partial charge in [-0.05, 0) is 50.7 Å². The van der Waals surface area contributed by atoms with Crippen molar-refractivity contribution in [2.75, 3.05) is 25.4 Å². The summed E-state index contributed by atoms with van der Waals surface area (Å²) >= 11 is 0. The van der Waals surface area contributed by atoms with E-state index in [1.165, 1.54) is 10.7 Å². The third kappa shape index (κ3) is 5.14. The SMILES string of the molecule is CCOC(=O)c1ccccc1CCS(=O)(=O)N1CCC2(CC1)N=C(C1CCCCC1)NC2=O. The van der Waals surface area contributed by atoms with Crippen molar-refractivity contribution in [2.45, 2.75) is 63.8 Å². The van der Waals surface area contributed by atoms with Crippen molar-refractivity contribution in [2.24, 2.45) is 10.9 Å². The van der Waals surface area contributed by atoms with Gasteiger partial charge in [-0.3, -0.25) is 9.79 Å². The van der Waals surface area contributed by atoms with E-state index in [2.05, 4.69) is 5.32 Å². The fourth-order valence-corrected chi connectivity index (χ4v) is 6.57. The maximum absolute atomic E-state index is 13.0. The molecule has 1 aliphatic carbocycles. The van der Waals surface area contributed by atoms with Gasteiger partial charge in [-0.2, -0.15) is 0 Å². The van der Waals surface area contributed by atoms with E-state index >= 15 is 0 Å². The van der Waals surface area contributed by atoms with Gasteiger partial charge in [0.1, 0.15) is 11.4 Å². The lowest BCUT2D eigenvalue weighted by molar-refractivity contribution is -0.125. The zero-order valence-corrected chi connectivity index (χ0v) is 20.0. The molecule has 0 bridgehead atoms. The first-order chi connectivity index (χ1) is 15.8. The molecule has 8 nitrogen and oxygen atoms in total. The molecule has 1 saturated heterocycles. The number of piperidine rings is 1. The predicted molar refractivity (Wildman–Crippen MR) is 126 cm³/mol. The second kappa shape index (κ2) is 9.93. The van der Waals surface area contributed by atoms with Crippen molar-refractivity contribution >= 4 is 27.7 Å². The van der Waals surface area contributed by atoms with E-state index in [0.717, 1.165) is 31.5 Å². The zero-order valence-electron chi connectivity index (χ0n) is 19.2. The van der Waals surface area contributed by atoms with Crippen molar-refractivity contribution in [1.29, 1.82) is 0 Å². The first kappa shape index (κ1) is 23.9. The minimum atomic E-state index is -3.53. The van der Waals surface area contributed by atoms with Crippen LogP contribution in [0.1, 0.15) is 67.8 Å². The average molecular weight is 476 g/mol. The Bertz CT molecular complexity index is 1020. The van der Waals surface area contributed by atoms with E-state index in [1.807, 2.05) is 0 Å². The third-order valence-corrected chi connectivity index (χ3v) is 8.95. The summed E-state index contributed by atoms with van der Waals surface area (Å²) in [5.74, 6) is 0.516. The smallest absolute Gasteiger partial charge is 0.338 e. The van der Waals surface area contributed by atoms with Crippen LogP contribution in [0.4, 0.5) is 0 Å². The van der Waals surface area contributed by atoms with Gasteiger partial charge in [-0.15, -0.1) is 0 Å². The van der Waals surface area contributed by atoms with Crippen LogP contribution in [-0.4, -0.2) is 61.4 Å². The van der Waals surface area contributed by atoms with Crippen LogP contribution in [0.2, 0.25) is 0 Å². The fraction of sp³-hybridized carbons (Fsp3) is 0.625. The number of sulfonamides is 1. The molecule has 1 aromatic carbocycles. The van der Waals surface area contributed by atoms with E-state index in [0.29, 0.717) is 29.9 Å². The summed E-state index contributed by atoms with van der Waals surface area (Å²) in [5.41, 5.74) is 0.235. The summed E-state index contributed by atoms with van der Waals surface area (Å²) in [4.78, 5) is 29.8. The number of nitrogens with zero attached hydrogens (tertiary/aromatic N) is 2. The molecule has 1 N–H and O–H groups in total. The fourth-order valence-electron chi connectivity index (χ4n) is 5.10. The van der Waals surface area contributed by atoms with Crippen molar-refractivity contribution in [1.82, 2.24) is 9.62 Å². The van der Waals surface area contributed by atoms with Crippen molar-refractivity contribution in [3.05, 3.63) is 35.4 Å². The number of nitrogens with one attached hydrogen (secondary N) is 1. The van der Waals surface area contributed by atoms with E-state index < -0.39 is 21.5 Å². The maximum Gasteiger partial charge on any atom is 0.338 e. The van der Waals surface area contributed by atoms with Crippen molar-refractivity contribution in [3.8, 4) is 0 Å². The van der Waals surface area contributed by atoms with Gasteiger partial charge in [0.15, 0.2) is 0 Å². The van der Waals surface area contributed by atoms with Gasteiger partial charge in [-0.25, -0.2) is 17.5 Å². The van der Waals surface area contributed by atoms with Crippen LogP contribution in [0.15, 0.2) is 29.3 Å². The first-order valence-corrected chi connectivity index (χ1v) is 13.6. The van der Waals surface area contributed by atoms with Crippen LogP contribution in [0.3, 0.4) is 0 Å². The Morgan fingerprint density at radius 3 is 2.58 bits per heavy atom. The third-order valence-electron chi connectivity index (χ3n) is 7.08. The number of esters is 1. The molecule has 180 valence electrons. The van der Waals surface area contributed by atoms with Crippen LogP contribution >= 0.6 is 0 Å². The van der Waals surface area contributed by atoms with Crippen molar-refractivity contribution in [3.63, 3.8) is 0 Å². The second-order valence-electron chi connectivity index (χ2n) is 9.16. The Morgan fingerprint density at radius 2 is 1.88 bits per heavy atom. The molecular formula is C24H33N3O5S. The maximum atomic E-state index is 13.0. The Balaban J connectivity index is 1.38. The van der Waals surface area contributed by atoms with Gasteiger partial charge in [0.05, 0.1) is 17.9 Å². The van der Waals surface area contributed by atoms with Crippen LogP contribution in [0.5, 0.6) is 0 Å². The van der Waals surface area contributed by atoms with E-state index in [-0.39, 0.29) is 37.8 Å². The largest absolute Gasteiger partial charge is 0.462 e. The molecule has 0 atom stereocenters. The summed E-state index contributed by atoms with van der Waals surface area (Å²) in [6.45, 7) is 2.55. The summed E-state index contributed by atoms with van der Waals surface area (Å²) < 4.78 is 32.6. The standard InChI is InChI=1S/C24H33N3O5S/c1-2-32-22(28)20-11-7-6-8-18(20)12-17-33(30,31)27-15-13-24(14-16-27)23(29)25-21(26-24)19-9-4-3-5-10-19/h6-8,11,19H,2-5,9-10,12-17H2,1H3,(H,25,26,29). The van der Waals surface area contributed by atoms with Crippen LogP contribution in [0.25, 0.3) is 0 Å². The zero-order chi connectivity index (χ0) is 23.5. The van der Waals surface area contributed by atoms with Gasteiger partial charge < -0.3 is 10.1 Å².